The van der Waals surface area contributed by atoms with Gasteiger partial charge in [-0.3, -0.25) is 9.58 Å². The first-order chi connectivity index (χ1) is 13.2. The molecule has 2 heterocycles. The molecule has 0 radical (unpaired) electrons. The first-order valence-electron chi connectivity index (χ1n) is 9.30. The number of para-hydroxylation sites is 2. The van der Waals surface area contributed by atoms with Crippen molar-refractivity contribution in [1.29, 1.82) is 0 Å². The van der Waals surface area contributed by atoms with E-state index in [2.05, 4.69) is 37.0 Å². The summed E-state index contributed by atoms with van der Waals surface area (Å²) < 4.78 is 11.8. The first-order valence-corrected chi connectivity index (χ1v) is 9.30. The van der Waals surface area contributed by atoms with Gasteiger partial charge in [0.2, 0.25) is 0 Å². The summed E-state index contributed by atoms with van der Waals surface area (Å²) in [6, 6.07) is 8.19. The van der Waals surface area contributed by atoms with Crippen LogP contribution >= 0.6 is 0 Å². The van der Waals surface area contributed by atoms with Crippen LogP contribution in [0.25, 0.3) is 0 Å². The SMILES string of the molecule is COC(=O)c1cn(CCCCN2CCN(c3ccccc3OC)CC2)nn1. The Morgan fingerprint density at radius 1 is 1.07 bits per heavy atom. The molecule has 0 aliphatic carbocycles. The lowest BCUT2D eigenvalue weighted by molar-refractivity contribution is 0.0594. The summed E-state index contributed by atoms with van der Waals surface area (Å²) in [5, 5.41) is 7.78. The zero-order valence-corrected chi connectivity index (χ0v) is 16.0. The van der Waals surface area contributed by atoms with Gasteiger partial charge in [0.1, 0.15) is 5.75 Å². The van der Waals surface area contributed by atoms with Crippen molar-refractivity contribution in [3.05, 3.63) is 36.2 Å². The average molecular weight is 373 g/mol. The zero-order valence-electron chi connectivity index (χ0n) is 16.0. The predicted molar refractivity (Wildman–Crippen MR) is 102 cm³/mol. The smallest absolute Gasteiger partial charge is 0.360 e. The molecule has 0 amide bonds. The predicted octanol–water partition coefficient (Wildman–Crippen LogP) is 1.68. The van der Waals surface area contributed by atoms with E-state index in [0.29, 0.717) is 0 Å². The van der Waals surface area contributed by atoms with Crippen molar-refractivity contribution in [3.63, 3.8) is 0 Å². The number of hydrogen-bond acceptors (Lipinski definition) is 7. The zero-order chi connectivity index (χ0) is 19.1. The van der Waals surface area contributed by atoms with Crippen molar-refractivity contribution in [3.8, 4) is 5.75 Å². The van der Waals surface area contributed by atoms with Gasteiger partial charge in [0.25, 0.3) is 0 Å². The lowest BCUT2D eigenvalue weighted by atomic mass is 10.2. The second-order valence-corrected chi connectivity index (χ2v) is 6.57. The third-order valence-corrected chi connectivity index (χ3v) is 4.84. The molecule has 1 saturated heterocycles. The van der Waals surface area contributed by atoms with Gasteiger partial charge < -0.3 is 14.4 Å². The van der Waals surface area contributed by atoms with E-state index in [-0.39, 0.29) is 5.69 Å². The Balaban J connectivity index is 1.37. The fourth-order valence-corrected chi connectivity index (χ4v) is 3.32. The largest absolute Gasteiger partial charge is 0.495 e. The highest BCUT2D eigenvalue weighted by atomic mass is 16.5. The molecule has 1 fully saturated rings. The molecule has 1 aromatic heterocycles. The summed E-state index contributed by atoms with van der Waals surface area (Å²) >= 11 is 0. The fourth-order valence-electron chi connectivity index (χ4n) is 3.32. The van der Waals surface area contributed by atoms with E-state index in [0.717, 1.165) is 57.9 Å². The fraction of sp³-hybridized carbons (Fsp3) is 0.526. The number of aryl methyl sites for hydroxylation is 1. The molecule has 1 aliphatic rings. The van der Waals surface area contributed by atoms with Crippen LogP contribution in [0, 0.1) is 0 Å². The highest BCUT2D eigenvalue weighted by Gasteiger charge is 2.19. The summed E-state index contributed by atoms with van der Waals surface area (Å²) in [7, 11) is 3.06. The van der Waals surface area contributed by atoms with Crippen LogP contribution in [-0.4, -0.2) is 72.8 Å². The summed E-state index contributed by atoms with van der Waals surface area (Å²) in [4.78, 5) is 16.3. The number of carbonyl (C=O) groups excluding carboxylic acids is 1. The van der Waals surface area contributed by atoms with Gasteiger partial charge in [0.05, 0.1) is 26.1 Å². The second kappa shape index (κ2) is 9.36. The van der Waals surface area contributed by atoms with Crippen LogP contribution < -0.4 is 9.64 Å². The number of rotatable bonds is 8. The van der Waals surface area contributed by atoms with E-state index in [4.69, 9.17) is 4.74 Å². The molecule has 1 aromatic carbocycles. The number of piperazine rings is 1. The van der Waals surface area contributed by atoms with Crippen molar-refractivity contribution in [1.82, 2.24) is 19.9 Å². The van der Waals surface area contributed by atoms with Crippen LogP contribution in [0.5, 0.6) is 5.75 Å². The van der Waals surface area contributed by atoms with Gasteiger partial charge in [-0.25, -0.2) is 4.79 Å². The molecule has 0 spiro atoms. The summed E-state index contributed by atoms with van der Waals surface area (Å²) in [5.41, 5.74) is 1.43. The molecule has 2 aromatic rings. The molecule has 27 heavy (non-hydrogen) atoms. The molecule has 0 bridgehead atoms. The summed E-state index contributed by atoms with van der Waals surface area (Å²) in [6.45, 7) is 5.93. The summed E-state index contributed by atoms with van der Waals surface area (Å²) in [5.74, 6) is 0.485. The van der Waals surface area contributed by atoms with Gasteiger partial charge >= 0.3 is 5.97 Å². The maximum absolute atomic E-state index is 11.4. The number of benzene rings is 1. The van der Waals surface area contributed by atoms with Gasteiger partial charge in [-0.1, -0.05) is 17.3 Å². The maximum atomic E-state index is 11.4. The number of nitrogens with zero attached hydrogens (tertiary/aromatic N) is 5. The standard InChI is InChI=1S/C19H27N5O3/c1-26-18-8-4-3-7-17(18)23-13-11-22(12-14-23)9-5-6-10-24-15-16(20-21-24)19(25)27-2/h3-4,7-8,15H,5-6,9-14H2,1-2H3. The molecule has 1 aliphatic heterocycles. The van der Waals surface area contributed by atoms with Crippen LogP contribution in [0.1, 0.15) is 23.3 Å². The van der Waals surface area contributed by atoms with Crippen molar-refractivity contribution >= 4 is 11.7 Å². The monoisotopic (exact) mass is 373 g/mol. The van der Waals surface area contributed by atoms with E-state index < -0.39 is 5.97 Å². The number of methoxy groups -OCH3 is 2. The van der Waals surface area contributed by atoms with Crippen molar-refractivity contribution in [2.45, 2.75) is 19.4 Å². The minimum atomic E-state index is -0.450. The topological polar surface area (TPSA) is 72.7 Å². The highest BCUT2D eigenvalue weighted by molar-refractivity contribution is 5.86. The number of anilines is 1. The lowest BCUT2D eigenvalue weighted by Crippen LogP contribution is -2.46. The van der Waals surface area contributed by atoms with Gasteiger partial charge in [0.15, 0.2) is 5.69 Å². The van der Waals surface area contributed by atoms with E-state index >= 15 is 0 Å². The quantitative estimate of drug-likeness (QED) is 0.515. The van der Waals surface area contributed by atoms with E-state index in [1.807, 2.05) is 12.1 Å². The maximum Gasteiger partial charge on any atom is 0.360 e. The van der Waals surface area contributed by atoms with Crippen LogP contribution in [0.15, 0.2) is 30.5 Å². The summed E-state index contributed by atoms with van der Waals surface area (Å²) in [6.07, 6.45) is 3.72. The van der Waals surface area contributed by atoms with Crippen LogP contribution in [0.2, 0.25) is 0 Å². The molecule has 0 unspecified atom stereocenters. The van der Waals surface area contributed by atoms with Gasteiger partial charge in [-0.05, 0) is 31.5 Å². The van der Waals surface area contributed by atoms with Gasteiger partial charge in [-0.15, -0.1) is 5.10 Å². The van der Waals surface area contributed by atoms with E-state index in [9.17, 15) is 4.79 Å². The molecule has 146 valence electrons. The molecule has 0 atom stereocenters. The third-order valence-electron chi connectivity index (χ3n) is 4.84. The molecular formula is C19H27N5O3. The Morgan fingerprint density at radius 3 is 2.56 bits per heavy atom. The average Bonchev–Trinajstić information content (AvgIpc) is 3.20. The number of hydrogen-bond donors (Lipinski definition) is 0. The molecular weight excluding hydrogens is 346 g/mol. The van der Waals surface area contributed by atoms with Crippen molar-refractivity contribution in [2.24, 2.45) is 0 Å². The number of ether oxygens (including phenoxy) is 2. The minimum absolute atomic E-state index is 0.255. The number of unbranched alkanes of at least 4 members (excludes halogenated alkanes) is 1. The number of esters is 1. The van der Waals surface area contributed by atoms with Crippen LogP contribution in [0.3, 0.4) is 0 Å². The Hall–Kier alpha value is -2.61. The van der Waals surface area contributed by atoms with Crippen LogP contribution in [-0.2, 0) is 11.3 Å². The lowest BCUT2D eigenvalue weighted by Gasteiger charge is -2.36. The minimum Gasteiger partial charge on any atom is -0.495 e. The molecule has 8 nitrogen and oxygen atoms in total. The van der Waals surface area contributed by atoms with Gasteiger partial charge in [0, 0.05) is 32.7 Å². The highest BCUT2D eigenvalue weighted by Crippen LogP contribution is 2.28. The third kappa shape index (κ3) is 4.97. The molecule has 3 rings (SSSR count). The number of carbonyl (C=O) groups is 1. The molecule has 8 heteroatoms. The second-order valence-electron chi connectivity index (χ2n) is 6.57. The Labute approximate surface area is 159 Å². The molecule has 0 saturated carbocycles. The Bertz CT molecular complexity index is 740. The van der Waals surface area contributed by atoms with Crippen molar-refractivity contribution < 1.29 is 14.3 Å². The molecule has 0 N–H and O–H groups in total. The Morgan fingerprint density at radius 2 is 1.81 bits per heavy atom. The number of aromatic nitrogens is 3. The first kappa shape index (κ1) is 19.2. The van der Waals surface area contributed by atoms with Crippen molar-refractivity contribution in [2.75, 3.05) is 51.8 Å². The van der Waals surface area contributed by atoms with E-state index in [1.54, 1.807) is 18.0 Å². The van der Waals surface area contributed by atoms with Crippen LogP contribution in [0.4, 0.5) is 5.69 Å². The van der Waals surface area contributed by atoms with E-state index in [1.165, 1.54) is 12.8 Å². The normalized spacial score (nSPS) is 15.0. The Kier molecular flexibility index (Phi) is 6.64. The van der Waals surface area contributed by atoms with Gasteiger partial charge in [-0.2, -0.15) is 0 Å².